The van der Waals surface area contributed by atoms with E-state index in [-0.39, 0.29) is 18.2 Å². The molecule has 0 N–H and O–H groups in total. The standard InChI is InChI=1S/C19H19ClN2O2/c1-14(23)21(17-8-6-16(20)7-9-17)13-11-19(24)22-12-10-15-4-2-3-5-18(15)22/h2-9H,10-13H2,1H3. The smallest absolute Gasteiger partial charge is 0.228 e. The molecule has 0 bridgehead atoms. The van der Waals surface area contributed by atoms with Crippen molar-refractivity contribution >= 4 is 34.8 Å². The van der Waals surface area contributed by atoms with Crippen molar-refractivity contribution in [1.82, 2.24) is 0 Å². The van der Waals surface area contributed by atoms with Crippen molar-refractivity contribution in [2.75, 3.05) is 22.9 Å². The monoisotopic (exact) mass is 342 g/mol. The summed E-state index contributed by atoms with van der Waals surface area (Å²) < 4.78 is 0. The van der Waals surface area contributed by atoms with Crippen LogP contribution in [0.25, 0.3) is 0 Å². The molecule has 0 aromatic heterocycles. The minimum Gasteiger partial charge on any atom is -0.312 e. The van der Waals surface area contributed by atoms with Crippen LogP contribution in [0.4, 0.5) is 11.4 Å². The van der Waals surface area contributed by atoms with Gasteiger partial charge in [0.15, 0.2) is 0 Å². The minimum atomic E-state index is -0.0908. The number of halogens is 1. The maximum Gasteiger partial charge on any atom is 0.228 e. The fourth-order valence-corrected chi connectivity index (χ4v) is 3.16. The molecular formula is C19H19ClN2O2. The molecule has 3 rings (SSSR count). The van der Waals surface area contributed by atoms with Gasteiger partial charge in [-0.3, -0.25) is 9.59 Å². The van der Waals surface area contributed by atoms with Gasteiger partial charge in [-0.25, -0.2) is 0 Å². The summed E-state index contributed by atoms with van der Waals surface area (Å²) in [6.07, 6.45) is 1.17. The number of benzene rings is 2. The maximum absolute atomic E-state index is 12.6. The average molecular weight is 343 g/mol. The molecule has 0 aliphatic carbocycles. The van der Waals surface area contributed by atoms with Gasteiger partial charge in [-0.1, -0.05) is 29.8 Å². The molecule has 0 spiro atoms. The number of fused-ring (bicyclic) bond motifs is 1. The van der Waals surface area contributed by atoms with E-state index >= 15 is 0 Å². The van der Waals surface area contributed by atoms with E-state index in [2.05, 4.69) is 6.07 Å². The Hall–Kier alpha value is -2.33. The normalized spacial score (nSPS) is 12.8. The van der Waals surface area contributed by atoms with E-state index in [0.717, 1.165) is 17.8 Å². The van der Waals surface area contributed by atoms with Gasteiger partial charge in [-0.05, 0) is 42.3 Å². The average Bonchev–Trinajstić information content (AvgIpc) is 3.00. The molecule has 124 valence electrons. The summed E-state index contributed by atoms with van der Waals surface area (Å²) in [5.41, 5.74) is 2.94. The highest BCUT2D eigenvalue weighted by molar-refractivity contribution is 6.30. The van der Waals surface area contributed by atoms with Crippen LogP contribution in [0.5, 0.6) is 0 Å². The Labute approximate surface area is 146 Å². The second-order valence-electron chi connectivity index (χ2n) is 5.82. The summed E-state index contributed by atoms with van der Waals surface area (Å²) in [5, 5.41) is 0.618. The fraction of sp³-hybridized carbons (Fsp3) is 0.263. The zero-order valence-electron chi connectivity index (χ0n) is 13.5. The lowest BCUT2D eigenvalue weighted by molar-refractivity contribution is -0.118. The van der Waals surface area contributed by atoms with Gasteiger partial charge in [-0.15, -0.1) is 0 Å². The van der Waals surface area contributed by atoms with Crippen molar-refractivity contribution in [1.29, 1.82) is 0 Å². The third-order valence-corrected chi connectivity index (χ3v) is 4.51. The van der Waals surface area contributed by atoms with Gasteiger partial charge in [0.25, 0.3) is 0 Å². The molecule has 1 aliphatic rings. The molecule has 0 fully saturated rings. The van der Waals surface area contributed by atoms with Crippen LogP contribution in [0.1, 0.15) is 18.9 Å². The second-order valence-corrected chi connectivity index (χ2v) is 6.26. The number of rotatable bonds is 4. The molecular weight excluding hydrogens is 324 g/mol. The van der Waals surface area contributed by atoms with Gasteiger partial charge in [-0.2, -0.15) is 0 Å². The van der Waals surface area contributed by atoms with E-state index in [9.17, 15) is 9.59 Å². The molecule has 5 heteroatoms. The van der Waals surface area contributed by atoms with E-state index < -0.39 is 0 Å². The Morgan fingerprint density at radius 3 is 2.54 bits per heavy atom. The number of carbonyl (C=O) groups excluding carboxylic acids is 2. The molecule has 2 aromatic carbocycles. The van der Waals surface area contributed by atoms with E-state index in [1.54, 1.807) is 29.2 Å². The Morgan fingerprint density at radius 1 is 1.12 bits per heavy atom. The van der Waals surface area contributed by atoms with E-state index in [1.165, 1.54) is 12.5 Å². The predicted octanol–water partition coefficient (Wildman–Crippen LogP) is 3.67. The summed E-state index contributed by atoms with van der Waals surface area (Å²) in [6, 6.07) is 15.0. The van der Waals surface area contributed by atoms with Crippen LogP contribution in [0.2, 0.25) is 5.02 Å². The van der Waals surface area contributed by atoms with Gasteiger partial charge < -0.3 is 9.80 Å². The first kappa shape index (κ1) is 16.5. The van der Waals surface area contributed by atoms with E-state index in [1.807, 2.05) is 23.1 Å². The highest BCUT2D eigenvalue weighted by atomic mass is 35.5. The Bertz CT molecular complexity index is 758. The minimum absolute atomic E-state index is 0.0418. The Kier molecular flexibility index (Phi) is 4.86. The largest absolute Gasteiger partial charge is 0.312 e. The van der Waals surface area contributed by atoms with Crippen LogP contribution < -0.4 is 9.80 Å². The Morgan fingerprint density at radius 2 is 1.83 bits per heavy atom. The van der Waals surface area contributed by atoms with Crippen molar-refractivity contribution in [2.45, 2.75) is 19.8 Å². The Balaban J connectivity index is 1.68. The van der Waals surface area contributed by atoms with Gasteiger partial charge in [0.1, 0.15) is 0 Å². The first-order valence-corrected chi connectivity index (χ1v) is 8.36. The van der Waals surface area contributed by atoms with Gasteiger partial charge in [0.05, 0.1) is 0 Å². The molecule has 0 atom stereocenters. The molecule has 4 nitrogen and oxygen atoms in total. The lowest BCUT2D eigenvalue weighted by Crippen LogP contribution is -2.35. The van der Waals surface area contributed by atoms with Crippen molar-refractivity contribution < 1.29 is 9.59 Å². The van der Waals surface area contributed by atoms with E-state index in [4.69, 9.17) is 11.6 Å². The highest BCUT2D eigenvalue weighted by Crippen LogP contribution is 2.28. The quantitative estimate of drug-likeness (QED) is 0.850. The SMILES string of the molecule is CC(=O)N(CCC(=O)N1CCc2ccccc21)c1ccc(Cl)cc1. The maximum atomic E-state index is 12.6. The van der Waals surface area contributed by atoms with Crippen LogP contribution in [-0.2, 0) is 16.0 Å². The van der Waals surface area contributed by atoms with Gasteiger partial charge in [0, 0.05) is 42.8 Å². The third-order valence-electron chi connectivity index (χ3n) is 4.26. The zero-order valence-corrected chi connectivity index (χ0v) is 14.3. The lowest BCUT2D eigenvalue weighted by Gasteiger charge is -2.23. The molecule has 2 amide bonds. The van der Waals surface area contributed by atoms with Crippen LogP contribution in [0, 0.1) is 0 Å². The molecule has 0 unspecified atom stereocenters. The number of para-hydroxylation sites is 1. The number of hydrogen-bond acceptors (Lipinski definition) is 2. The zero-order chi connectivity index (χ0) is 17.1. The fourth-order valence-electron chi connectivity index (χ4n) is 3.03. The van der Waals surface area contributed by atoms with Crippen LogP contribution in [0.3, 0.4) is 0 Å². The van der Waals surface area contributed by atoms with Crippen LogP contribution in [0.15, 0.2) is 48.5 Å². The highest BCUT2D eigenvalue weighted by Gasteiger charge is 2.24. The number of carbonyl (C=O) groups is 2. The van der Waals surface area contributed by atoms with Gasteiger partial charge >= 0.3 is 0 Å². The summed E-state index contributed by atoms with van der Waals surface area (Å²) in [7, 11) is 0. The molecule has 24 heavy (non-hydrogen) atoms. The van der Waals surface area contributed by atoms with Crippen LogP contribution in [-0.4, -0.2) is 24.9 Å². The summed E-state index contributed by atoms with van der Waals surface area (Å²) in [5.74, 6) is -0.0490. The topological polar surface area (TPSA) is 40.6 Å². The number of anilines is 2. The molecule has 1 aliphatic heterocycles. The van der Waals surface area contributed by atoms with Crippen molar-refractivity contribution in [3.8, 4) is 0 Å². The molecule has 2 aromatic rings. The third kappa shape index (κ3) is 3.44. The first-order chi connectivity index (χ1) is 11.6. The number of nitrogens with zero attached hydrogens (tertiary/aromatic N) is 2. The van der Waals surface area contributed by atoms with Gasteiger partial charge in [0.2, 0.25) is 11.8 Å². The van der Waals surface area contributed by atoms with E-state index in [0.29, 0.717) is 18.1 Å². The summed E-state index contributed by atoms with van der Waals surface area (Å²) >= 11 is 5.89. The molecule has 0 saturated heterocycles. The van der Waals surface area contributed by atoms with Crippen molar-refractivity contribution in [2.24, 2.45) is 0 Å². The molecule has 0 saturated carbocycles. The van der Waals surface area contributed by atoms with Crippen LogP contribution >= 0.6 is 11.6 Å². The molecule has 0 radical (unpaired) electrons. The predicted molar refractivity (Wildman–Crippen MR) is 96.6 cm³/mol. The lowest BCUT2D eigenvalue weighted by atomic mass is 10.2. The second kappa shape index (κ2) is 7.05. The molecule has 1 heterocycles. The summed E-state index contributed by atoms with van der Waals surface area (Å²) in [4.78, 5) is 27.9. The number of hydrogen-bond donors (Lipinski definition) is 0. The van der Waals surface area contributed by atoms with Crippen molar-refractivity contribution in [3.05, 3.63) is 59.1 Å². The van der Waals surface area contributed by atoms with Crippen molar-refractivity contribution in [3.63, 3.8) is 0 Å². The summed E-state index contributed by atoms with van der Waals surface area (Å²) in [6.45, 7) is 2.57. The first-order valence-electron chi connectivity index (χ1n) is 7.98. The number of amides is 2.